The van der Waals surface area contributed by atoms with Gasteiger partial charge in [0.25, 0.3) is 0 Å². The molecule has 0 radical (unpaired) electrons. The summed E-state index contributed by atoms with van der Waals surface area (Å²) in [6.07, 6.45) is 17.2. The van der Waals surface area contributed by atoms with Gasteiger partial charge in [-0.1, -0.05) is 19.3 Å². The number of hydrogen-bond acceptors (Lipinski definition) is 2. The lowest BCUT2D eigenvalue weighted by Gasteiger charge is -2.52. The Kier molecular flexibility index (Phi) is 4.90. The zero-order valence-corrected chi connectivity index (χ0v) is 16.6. The Balaban J connectivity index is 1.36. The van der Waals surface area contributed by atoms with Crippen LogP contribution in [0, 0.1) is 17.3 Å². The van der Waals surface area contributed by atoms with Gasteiger partial charge >= 0.3 is 0 Å². The number of carbonyl (C=O) groups is 1. The Labute approximate surface area is 154 Å². The van der Waals surface area contributed by atoms with Crippen molar-refractivity contribution in [2.24, 2.45) is 17.3 Å². The van der Waals surface area contributed by atoms with Crippen LogP contribution in [0.4, 0.5) is 0 Å². The highest BCUT2D eigenvalue weighted by atomic mass is 16.2. The summed E-state index contributed by atoms with van der Waals surface area (Å²) in [4.78, 5) is 17.4. The number of amides is 1. The number of likely N-dealkylation sites (tertiary alicyclic amines) is 1. The van der Waals surface area contributed by atoms with Crippen molar-refractivity contribution in [3.8, 4) is 0 Å². The van der Waals surface area contributed by atoms with Gasteiger partial charge in [0.2, 0.25) is 5.91 Å². The van der Waals surface area contributed by atoms with Crippen molar-refractivity contribution < 1.29 is 4.79 Å². The number of hydrogen-bond donors (Lipinski definition) is 0. The van der Waals surface area contributed by atoms with Crippen molar-refractivity contribution in [1.29, 1.82) is 0 Å². The molecule has 4 fully saturated rings. The van der Waals surface area contributed by atoms with Crippen molar-refractivity contribution in [2.75, 3.05) is 27.2 Å². The molecule has 4 rings (SSSR count). The van der Waals surface area contributed by atoms with Crippen molar-refractivity contribution in [1.82, 2.24) is 9.80 Å². The largest absolute Gasteiger partial charge is 0.342 e. The van der Waals surface area contributed by atoms with Gasteiger partial charge in [0.05, 0.1) is 0 Å². The molecule has 0 bridgehead atoms. The normalized spacial score (nSPS) is 37.2. The molecular weight excluding hydrogens is 308 g/mol. The number of carbonyl (C=O) groups excluding carboxylic acids is 1. The fraction of sp³-hybridized carbons (Fsp3) is 0.955. The van der Waals surface area contributed by atoms with E-state index in [0.29, 0.717) is 22.8 Å². The van der Waals surface area contributed by atoms with Crippen LogP contribution < -0.4 is 0 Å². The van der Waals surface area contributed by atoms with Crippen LogP contribution in [0.25, 0.3) is 0 Å². The molecule has 1 saturated heterocycles. The Morgan fingerprint density at radius 1 is 0.960 bits per heavy atom. The first-order chi connectivity index (χ1) is 12.0. The monoisotopic (exact) mass is 346 g/mol. The zero-order chi connectivity index (χ0) is 17.5. The second-order valence-corrected chi connectivity index (χ2v) is 10.0. The van der Waals surface area contributed by atoms with Crippen LogP contribution in [-0.2, 0) is 4.79 Å². The second kappa shape index (κ2) is 6.87. The lowest BCUT2D eigenvalue weighted by atomic mass is 9.62. The molecule has 25 heavy (non-hydrogen) atoms. The summed E-state index contributed by atoms with van der Waals surface area (Å²) in [5.41, 5.74) is 0.901. The maximum atomic E-state index is 12.6. The van der Waals surface area contributed by atoms with Crippen LogP contribution in [0.3, 0.4) is 0 Å². The summed E-state index contributed by atoms with van der Waals surface area (Å²) in [7, 11) is 4.64. The summed E-state index contributed by atoms with van der Waals surface area (Å²) in [5.74, 6) is 2.08. The van der Waals surface area contributed by atoms with E-state index in [9.17, 15) is 4.79 Å². The fourth-order valence-electron chi connectivity index (χ4n) is 6.53. The molecule has 1 amide bonds. The smallest absolute Gasteiger partial charge is 0.222 e. The van der Waals surface area contributed by atoms with Gasteiger partial charge in [-0.2, -0.15) is 0 Å². The molecule has 3 aliphatic carbocycles. The first-order valence-electron chi connectivity index (χ1n) is 11.0. The second-order valence-electron chi connectivity index (χ2n) is 10.0. The Hall–Kier alpha value is -0.570. The van der Waals surface area contributed by atoms with Crippen molar-refractivity contribution in [2.45, 2.75) is 89.0 Å². The topological polar surface area (TPSA) is 23.6 Å². The van der Waals surface area contributed by atoms with Gasteiger partial charge in [0.15, 0.2) is 0 Å². The first kappa shape index (κ1) is 17.8. The minimum Gasteiger partial charge on any atom is -0.342 e. The third-order valence-electron chi connectivity index (χ3n) is 8.66. The van der Waals surface area contributed by atoms with Gasteiger partial charge in [-0.25, -0.2) is 0 Å². The molecule has 0 aromatic heterocycles. The molecular formula is C22H38N2O. The van der Waals surface area contributed by atoms with Gasteiger partial charge in [-0.15, -0.1) is 0 Å². The van der Waals surface area contributed by atoms with E-state index < -0.39 is 0 Å². The van der Waals surface area contributed by atoms with E-state index in [-0.39, 0.29) is 0 Å². The van der Waals surface area contributed by atoms with E-state index in [0.717, 1.165) is 25.4 Å². The molecule has 0 aromatic rings. The van der Waals surface area contributed by atoms with E-state index in [1.165, 1.54) is 77.0 Å². The molecule has 0 atom stereocenters. The summed E-state index contributed by atoms with van der Waals surface area (Å²) >= 11 is 0. The van der Waals surface area contributed by atoms with Crippen molar-refractivity contribution in [3.63, 3.8) is 0 Å². The molecule has 0 aromatic carbocycles. The Bertz CT molecular complexity index is 482. The summed E-state index contributed by atoms with van der Waals surface area (Å²) in [6, 6.07) is 0. The first-order valence-corrected chi connectivity index (χ1v) is 11.0. The van der Waals surface area contributed by atoms with E-state index in [1.807, 2.05) is 0 Å². The fourth-order valence-corrected chi connectivity index (χ4v) is 6.53. The SMILES string of the molecule is CN(C)C1(C2CCCC2)CCC2(CCN(C(=O)CC3CCC3)C2)CC1. The van der Waals surface area contributed by atoms with E-state index in [4.69, 9.17) is 0 Å². The van der Waals surface area contributed by atoms with Crippen LogP contribution >= 0.6 is 0 Å². The van der Waals surface area contributed by atoms with Gasteiger partial charge < -0.3 is 9.80 Å². The lowest BCUT2D eigenvalue weighted by molar-refractivity contribution is -0.132. The van der Waals surface area contributed by atoms with Gasteiger partial charge in [-0.3, -0.25) is 4.79 Å². The minimum atomic E-state index is 0.450. The molecule has 142 valence electrons. The molecule has 3 nitrogen and oxygen atoms in total. The molecule has 3 heteroatoms. The average molecular weight is 347 g/mol. The summed E-state index contributed by atoms with van der Waals surface area (Å²) in [5, 5.41) is 0. The average Bonchev–Trinajstić information content (AvgIpc) is 3.22. The predicted molar refractivity (Wildman–Crippen MR) is 102 cm³/mol. The quantitative estimate of drug-likeness (QED) is 0.750. The maximum absolute atomic E-state index is 12.6. The van der Waals surface area contributed by atoms with E-state index >= 15 is 0 Å². The molecule has 0 unspecified atom stereocenters. The standard InChI is InChI=1S/C22H38N2O/c1-23(2)22(19-8-3-4-9-19)12-10-21(11-13-22)14-15-24(17-21)20(25)16-18-6-5-7-18/h18-19H,3-17H2,1-2H3. The van der Waals surface area contributed by atoms with Crippen molar-refractivity contribution >= 4 is 5.91 Å². The minimum absolute atomic E-state index is 0.450. The van der Waals surface area contributed by atoms with E-state index in [1.54, 1.807) is 0 Å². The summed E-state index contributed by atoms with van der Waals surface area (Å²) in [6.45, 7) is 2.09. The van der Waals surface area contributed by atoms with Crippen LogP contribution in [0.2, 0.25) is 0 Å². The van der Waals surface area contributed by atoms with Crippen LogP contribution in [0.1, 0.15) is 83.5 Å². The van der Waals surface area contributed by atoms with E-state index in [2.05, 4.69) is 23.9 Å². The number of rotatable bonds is 4. The predicted octanol–water partition coefficient (Wildman–Crippen LogP) is 4.46. The van der Waals surface area contributed by atoms with Crippen LogP contribution in [0.5, 0.6) is 0 Å². The maximum Gasteiger partial charge on any atom is 0.222 e. The Morgan fingerprint density at radius 2 is 1.64 bits per heavy atom. The number of nitrogens with zero attached hydrogens (tertiary/aromatic N) is 2. The lowest BCUT2D eigenvalue weighted by Crippen LogP contribution is -2.54. The third-order valence-corrected chi connectivity index (χ3v) is 8.66. The van der Waals surface area contributed by atoms with Gasteiger partial charge in [0, 0.05) is 25.0 Å². The molecule has 0 N–H and O–H groups in total. The zero-order valence-electron chi connectivity index (χ0n) is 16.6. The third kappa shape index (κ3) is 3.26. The van der Waals surface area contributed by atoms with Crippen molar-refractivity contribution in [3.05, 3.63) is 0 Å². The van der Waals surface area contributed by atoms with Gasteiger partial charge in [0.1, 0.15) is 0 Å². The molecule has 3 saturated carbocycles. The molecule has 1 spiro atoms. The molecule has 4 aliphatic rings. The highest BCUT2D eigenvalue weighted by Gasteiger charge is 2.50. The molecule has 1 aliphatic heterocycles. The summed E-state index contributed by atoms with van der Waals surface area (Å²) < 4.78 is 0. The van der Waals surface area contributed by atoms with Gasteiger partial charge in [-0.05, 0) is 89.1 Å². The Morgan fingerprint density at radius 3 is 2.20 bits per heavy atom. The highest BCUT2D eigenvalue weighted by molar-refractivity contribution is 5.77. The highest BCUT2D eigenvalue weighted by Crippen LogP contribution is 2.53. The van der Waals surface area contributed by atoms with Crippen LogP contribution in [0.15, 0.2) is 0 Å². The van der Waals surface area contributed by atoms with Crippen LogP contribution in [-0.4, -0.2) is 48.4 Å². The molecule has 1 heterocycles.